The zero-order valence-corrected chi connectivity index (χ0v) is 14.2. The molecule has 0 atom stereocenters. The van der Waals surface area contributed by atoms with Crippen LogP contribution in [0, 0.1) is 6.92 Å². The van der Waals surface area contributed by atoms with Crippen LogP contribution in [0.1, 0.15) is 54.3 Å². The molecule has 0 aromatic carbocycles. The van der Waals surface area contributed by atoms with Gasteiger partial charge in [0.05, 0.1) is 11.6 Å². The van der Waals surface area contributed by atoms with E-state index in [0.29, 0.717) is 22.6 Å². The fraction of sp³-hybridized carbons (Fsp3) is 0.600. The summed E-state index contributed by atoms with van der Waals surface area (Å²) in [5, 5.41) is 8.06. The predicted octanol–water partition coefficient (Wildman–Crippen LogP) is 3.85. The van der Waals surface area contributed by atoms with E-state index in [2.05, 4.69) is 10.6 Å². The van der Waals surface area contributed by atoms with Gasteiger partial charge in [0.1, 0.15) is 4.88 Å². The summed E-state index contributed by atoms with van der Waals surface area (Å²) in [5.74, 6) is -0.265. The minimum absolute atomic E-state index is 0.265. The second kappa shape index (κ2) is 7.75. The van der Waals surface area contributed by atoms with Gasteiger partial charge in [-0.2, -0.15) is 0 Å². The maximum absolute atomic E-state index is 11.8. The van der Waals surface area contributed by atoms with Crippen LogP contribution in [0.2, 0.25) is 0 Å². The maximum atomic E-state index is 11.8. The van der Waals surface area contributed by atoms with E-state index in [1.54, 1.807) is 0 Å². The summed E-state index contributed by atoms with van der Waals surface area (Å²) in [6, 6.07) is 2.41. The van der Waals surface area contributed by atoms with Crippen molar-refractivity contribution in [1.29, 1.82) is 0 Å². The summed E-state index contributed by atoms with van der Waals surface area (Å²) in [4.78, 5) is 12.4. The van der Waals surface area contributed by atoms with Crippen molar-refractivity contribution in [3.8, 4) is 0 Å². The number of nitrogens with one attached hydrogen (secondary N) is 2. The molecular weight excluding hydrogens is 304 g/mol. The van der Waals surface area contributed by atoms with Crippen molar-refractivity contribution in [3.05, 3.63) is 16.5 Å². The minimum Gasteiger partial charge on any atom is -0.462 e. The van der Waals surface area contributed by atoms with Crippen molar-refractivity contribution in [1.82, 2.24) is 5.32 Å². The highest BCUT2D eigenvalue weighted by Gasteiger charge is 2.17. The van der Waals surface area contributed by atoms with Crippen LogP contribution < -0.4 is 10.6 Å². The number of aryl methyl sites for hydroxylation is 1. The Morgan fingerprint density at radius 3 is 2.81 bits per heavy atom. The lowest BCUT2D eigenvalue weighted by molar-refractivity contribution is 0.0531. The molecule has 1 saturated carbocycles. The molecule has 1 heterocycles. The van der Waals surface area contributed by atoms with E-state index in [-0.39, 0.29) is 5.97 Å². The van der Waals surface area contributed by atoms with Crippen LogP contribution in [0.4, 0.5) is 5.00 Å². The van der Waals surface area contributed by atoms with Crippen molar-refractivity contribution >= 4 is 39.6 Å². The molecule has 0 spiro atoms. The Kier molecular flexibility index (Phi) is 5.99. The van der Waals surface area contributed by atoms with Gasteiger partial charge in [0, 0.05) is 6.04 Å². The molecule has 116 valence electrons. The second-order valence-corrected chi connectivity index (χ2v) is 6.74. The van der Waals surface area contributed by atoms with Crippen molar-refractivity contribution < 1.29 is 9.53 Å². The monoisotopic (exact) mass is 326 g/mol. The summed E-state index contributed by atoms with van der Waals surface area (Å²) < 4.78 is 5.04. The van der Waals surface area contributed by atoms with E-state index in [1.807, 2.05) is 19.9 Å². The first-order valence-corrected chi connectivity index (χ1v) is 8.67. The molecular formula is C15H22N2O2S2. The van der Waals surface area contributed by atoms with Crippen LogP contribution >= 0.6 is 23.6 Å². The number of carbonyl (C=O) groups is 1. The highest BCUT2D eigenvalue weighted by Crippen LogP contribution is 2.27. The number of rotatable bonds is 4. The first kappa shape index (κ1) is 16.2. The topological polar surface area (TPSA) is 50.4 Å². The minimum atomic E-state index is -0.265. The highest BCUT2D eigenvalue weighted by molar-refractivity contribution is 7.80. The van der Waals surface area contributed by atoms with Crippen LogP contribution in [0.25, 0.3) is 0 Å². The molecule has 21 heavy (non-hydrogen) atoms. The molecule has 1 aromatic rings. The Labute approximate surface area is 135 Å². The second-order valence-electron chi connectivity index (χ2n) is 5.28. The number of thiocarbonyl (C=S) groups is 1. The molecule has 2 N–H and O–H groups in total. The number of anilines is 1. The molecule has 4 nitrogen and oxygen atoms in total. The van der Waals surface area contributed by atoms with Gasteiger partial charge in [0.25, 0.3) is 0 Å². The van der Waals surface area contributed by atoms with Gasteiger partial charge in [0.2, 0.25) is 0 Å². The van der Waals surface area contributed by atoms with E-state index in [1.165, 1.54) is 43.4 Å². The lowest BCUT2D eigenvalue weighted by Gasteiger charge is -2.24. The van der Waals surface area contributed by atoms with Crippen LogP contribution in [0.3, 0.4) is 0 Å². The van der Waals surface area contributed by atoms with E-state index in [0.717, 1.165) is 10.6 Å². The Hall–Kier alpha value is -1.14. The smallest absolute Gasteiger partial charge is 0.348 e. The molecule has 0 radical (unpaired) electrons. The summed E-state index contributed by atoms with van der Waals surface area (Å²) in [7, 11) is 0. The molecule has 0 bridgehead atoms. The largest absolute Gasteiger partial charge is 0.462 e. The Balaban J connectivity index is 1.91. The standard InChI is InChI=1S/C15H22N2O2S2/c1-3-19-14(18)13-10(2)9-12(21-13)17-15(20)16-11-7-5-4-6-8-11/h9,11H,3-8H2,1-2H3,(H2,16,17,20). The third kappa shape index (κ3) is 4.68. The van der Waals surface area contributed by atoms with E-state index in [9.17, 15) is 4.79 Å². The van der Waals surface area contributed by atoms with E-state index in [4.69, 9.17) is 17.0 Å². The molecule has 1 aliphatic rings. The average molecular weight is 326 g/mol. The zero-order chi connectivity index (χ0) is 15.2. The number of hydrogen-bond acceptors (Lipinski definition) is 4. The number of esters is 1. The van der Waals surface area contributed by atoms with Crippen LogP contribution in [0.5, 0.6) is 0 Å². The third-order valence-electron chi connectivity index (χ3n) is 3.56. The van der Waals surface area contributed by atoms with Crippen LogP contribution in [-0.2, 0) is 4.74 Å². The summed E-state index contributed by atoms with van der Waals surface area (Å²) in [6.45, 7) is 4.11. The molecule has 0 amide bonds. The van der Waals surface area contributed by atoms with Crippen molar-refractivity contribution in [2.75, 3.05) is 11.9 Å². The van der Waals surface area contributed by atoms with Crippen molar-refractivity contribution in [2.45, 2.75) is 52.0 Å². The SMILES string of the molecule is CCOC(=O)c1sc(NC(=S)NC2CCCCC2)cc1C. The van der Waals surface area contributed by atoms with Gasteiger partial charge in [-0.1, -0.05) is 19.3 Å². The van der Waals surface area contributed by atoms with E-state index < -0.39 is 0 Å². The van der Waals surface area contributed by atoms with Gasteiger partial charge in [-0.25, -0.2) is 4.79 Å². The van der Waals surface area contributed by atoms with Crippen molar-refractivity contribution in [3.63, 3.8) is 0 Å². The molecule has 2 rings (SSSR count). The fourth-order valence-electron chi connectivity index (χ4n) is 2.52. The van der Waals surface area contributed by atoms with Gasteiger partial charge >= 0.3 is 5.97 Å². The van der Waals surface area contributed by atoms with Gasteiger partial charge < -0.3 is 15.4 Å². The average Bonchev–Trinajstić information content (AvgIpc) is 2.80. The Bertz CT molecular complexity index is 508. The lowest BCUT2D eigenvalue weighted by Crippen LogP contribution is -2.38. The predicted molar refractivity (Wildman–Crippen MR) is 91.2 cm³/mol. The molecule has 0 unspecified atom stereocenters. The van der Waals surface area contributed by atoms with Crippen LogP contribution in [0.15, 0.2) is 6.07 Å². The normalized spacial score (nSPS) is 15.5. The maximum Gasteiger partial charge on any atom is 0.348 e. The first-order chi connectivity index (χ1) is 10.1. The molecule has 1 aromatic heterocycles. The number of thiophene rings is 1. The molecule has 6 heteroatoms. The number of carbonyl (C=O) groups excluding carboxylic acids is 1. The first-order valence-electron chi connectivity index (χ1n) is 7.45. The van der Waals surface area contributed by atoms with Crippen LogP contribution in [-0.4, -0.2) is 23.7 Å². The van der Waals surface area contributed by atoms with Gasteiger partial charge in [-0.05, 0) is 50.5 Å². The molecule has 0 saturated heterocycles. The third-order valence-corrected chi connectivity index (χ3v) is 4.91. The fourth-order valence-corrected chi connectivity index (χ4v) is 3.84. The molecule has 1 aliphatic carbocycles. The zero-order valence-electron chi connectivity index (χ0n) is 12.5. The number of hydrogen-bond donors (Lipinski definition) is 2. The lowest BCUT2D eigenvalue weighted by atomic mass is 9.96. The van der Waals surface area contributed by atoms with E-state index >= 15 is 0 Å². The highest BCUT2D eigenvalue weighted by atomic mass is 32.1. The van der Waals surface area contributed by atoms with Gasteiger partial charge in [-0.15, -0.1) is 11.3 Å². The molecule has 0 aliphatic heterocycles. The quantitative estimate of drug-likeness (QED) is 0.650. The number of ether oxygens (including phenoxy) is 1. The summed E-state index contributed by atoms with van der Waals surface area (Å²) >= 11 is 6.74. The summed E-state index contributed by atoms with van der Waals surface area (Å²) in [5.41, 5.74) is 0.918. The molecule has 1 fully saturated rings. The Morgan fingerprint density at radius 1 is 1.43 bits per heavy atom. The van der Waals surface area contributed by atoms with Gasteiger partial charge in [0.15, 0.2) is 5.11 Å². The van der Waals surface area contributed by atoms with Crippen molar-refractivity contribution in [2.24, 2.45) is 0 Å². The summed E-state index contributed by atoms with van der Waals surface area (Å²) in [6.07, 6.45) is 6.22. The Morgan fingerprint density at radius 2 is 2.14 bits per heavy atom. The van der Waals surface area contributed by atoms with Gasteiger partial charge in [-0.3, -0.25) is 0 Å².